The van der Waals surface area contributed by atoms with E-state index in [0.717, 1.165) is 49.0 Å². The Bertz CT molecular complexity index is 551. The number of hydrogen-bond donors (Lipinski definition) is 0. The lowest BCUT2D eigenvalue weighted by Crippen LogP contribution is -2.11. The molecule has 2 aromatic heterocycles. The molecular weight excluding hydrogens is 262 g/mol. The minimum Gasteiger partial charge on any atom is -0.379 e. The van der Waals surface area contributed by atoms with Crippen molar-refractivity contribution in [1.82, 2.24) is 14.5 Å². The molecule has 0 unspecified atom stereocenters. The smallest absolute Gasteiger partial charge is 0.111 e. The predicted octanol–water partition coefficient (Wildman–Crippen LogP) is 2.64. The topological polar surface area (TPSA) is 39.9 Å². The van der Waals surface area contributed by atoms with Crippen molar-refractivity contribution in [1.29, 1.82) is 0 Å². The Morgan fingerprint density at radius 3 is 3.11 bits per heavy atom. The van der Waals surface area contributed by atoms with Crippen LogP contribution in [0.3, 0.4) is 0 Å². The minimum atomic E-state index is 0.583. The normalized spacial score (nSPS) is 15.2. The number of hydrogen-bond acceptors (Lipinski definition) is 3. The molecule has 19 heavy (non-hydrogen) atoms. The van der Waals surface area contributed by atoms with Crippen LogP contribution in [0.2, 0.25) is 0 Å². The van der Waals surface area contributed by atoms with E-state index in [1.807, 2.05) is 6.07 Å². The number of imidazole rings is 1. The summed E-state index contributed by atoms with van der Waals surface area (Å²) in [6.07, 6.45) is 7.04. The second kappa shape index (κ2) is 5.88. The molecule has 1 aliphatic rings. The Balaban J connectivity index is 1.72. The number of ether oxygens (including phenoxy) is 1. The highest BCUT2D eigenvalue weighted by Crippen LogP contribution is 2.28. The van der Waals surface area contributed by atoms with Crippen LogP contribution in [0.1, 0.15) is 18.7 Å². The zero-order valence-corrected chi connectivity index (χ0v) is 11.6. The van der Waals surface area contributed by atoms with Gasteiger partial charge in [-0.15, -0.1) is 11.6 Å². The fourth-order valence-electron chi connectivity index (χ4n) is 2.25. The van der Waals surface area contributed by atoms with Crippen LogP contribution in [-0.2, 0) is 17.7 Å². The van der Waals surface area contributed by atoms with Gasteiger partial charge in [-0.2, -0.15) is 0 Å². The van der Waals surface area contributed by atoms with Crippen molar-refractivity contribution in [2.75, 3.05) is 19.1 Å². The van der Waals surface area contributed by atoms with Crippen LogP contribution in [0, 0.1) is 5.92 Å². The highest BCUT2D eigenvalue weighted by Gasteiger charge is 2.21. The summed E-state index contributed by atoms with van der Waals surface area (Å²) in [5.74, 6) is 2.42. The number of rotatable bonds is 7. The van der Waals surface area contributed by atoms with E-state index in [1.165, 1.54) is 12.8 Å². The van der Waals surface area contributed by atoms with Crippen LogP contribution in [-0.4, -0.2) is 33.6 Å². The number of aryl methyl sites for hydroxylation is 1. The summed E-state index contributed by atoms with van der Waals surface area (Å²) < 4.78 is 7.92. The molecule has 0 atom stereocenters. The molecule has 0 bridgehead atoms. The van der Waals surface area contributed by atoms with E-state index in [2.05, 4.69) is 14.5 Å². The van der Waals surface area contributed by atoms with E-state index in [4.69, 9.17) is 16.3 Å². The summed E-state index contributed by atoms with van der Waals surface area (Å²) in [4.78, 5) is 8.70. The third-order valence-corrected chi connectivity index (χ3v) is 3.65. The van der Waals surface area contributed by atoms with Crippen LogP contribution in [0.15, 0.2) is 18.5 Å². The summed E-state index contributed by atoms with van der Waals surface area (Å²) >= 11 is 5.85. The second-order valence-corrected chi connectivity index (χ2v) is 5.38. The minimum absolute atomic E-state index is 0.583. The summed E-state index contributed by atoms with van der Waals surface area (Å²) in [6, 6.07) is 2.00. The maximum absolute atomic E-state index is 5.85. The van der Waals surface area contributed by atoms with Crippen molar-refractivity contribution in [2.24, 2.45) is 5.92 Å². The largest absolute Gasteiger partial charge is 0.379 e. The van der Waals surface area contributed by atoms with E-state index in [9.17, 15) is 0 Å². The maximum atomic E-state index is 5.85. The molecule has 1 saturated carbocycles. The van der Waals surface area contributed by atoms with Crippen LogP contribution in [0.5, 0.6) is 0 Å². The van der Waals surface area contributed by atoms with Gasteiger partial charge in [0, 0.05) is 31.6 Å². The van der Waals surface area contributed by atoms with Crippen molar-refractivity contribution in [3.05, 3.63) is 24.3 Å². The monoisotopic (exact) mass is 279 g/mol. The zero-order valence-electron chi connectivity index (χ0n) is 10.9. The standard InChI is InChI=1S/C14H18ClN3O/c15-5-3-14-17-12-9-16-6-4-13(12)18(14)7-8-19-10-11-1-2-11/h4,6,9,11H,1-3,5,7-8,10H2. The fourth-order valence-corrected chi connectivity index (χ4v) is 2.42. The average molecular weight is 280 g/mol. The molecule has 4 nitrogen and oxygen atoms in total. The van der Waals surface area contributed by atoms with Crippen molar-refractivity contribution in [3.63, 3.8) is 0 Å². The lowest BCUT2D eigenvalue weighted by molar-refractivity contribution is 0.117. The Kier molecular flexibility index (Phi) is 3.99. The molecule has 0 aromatic carbocycles. The number of aromatic nitrogens is 3. The van der Waals surface area contributed by atoms with E-state index in [0.29, 0.717) is 5.88 Å². The van der Waals surface area contributed by atoms with E-state index in [-0.39, 0.29) is 0 Å². The van der Waals surface area contributed by atoms with E-state index in [1.54, 1.807) is 12.4 Å². The molecule has 2 aromatic rings. The van der Waals surface area contributed by atoms with Crippen LogP contribution in [0.4, 0.5) is 0 Å². The molecule has 0 N–H and O–H groups in total. The molecular formula is C14H18ClN3O. The molecule has 0 aliphatic heterocycles. The molecule has 2 heterocycles. The van der Waals surface area contributed by atoms with Crippen molar-refractivity contribution < 1.29 is 4.74 Å². The van der Waals surface area contributed by atoms with Gasteiger partial charge in [0.2, 0.25) is 0 Å². The lowest BCUT2D eigenvalue weighted by Gasteiger charge is -2.09. The van der Waals surface area contributed by atoms with Crippen LogP contribution < -0.4 is 0 Å². The van der Waals surface area contributed by atoms with Gasteiger partial charge in [0.15, 0.2) is 0 Å². The number of fused-ring (bicyclic) bond motifs is 1. The number of alkyl halides is 1. The first-order chi connectivity index (χ1) is 9.38. The predicted molar refractivity (Wildman–Crippen MR) is 75.5 cm³/mol. The van der Waals surface area contributed by atoms with Gasteiger partial charge in [-0.05, 0) is 24.8 Å². The average Bonchev–Trinajstić information content (AvgIpc) is 3.18. The quantitative estimate of drug-likeness (QED) is 0.578. The Morgan fingerprint density at radius 1 is 1.42 bits per heavy atom. The molecule has 0 saturated heterocycles. The number of pyridine rings is 1. The Morgan fingerprint density at radius 2 is 2.32 bits per heavy atom. The SMILES string of the molecule is ClCCc1nc2cnccc2n1CCOCC1CC1. The zero-order chi connectivity index (χ0) is 13.1. The van der Waals surface area contributed by atoms with Gasteiger partial charge in [-0.25, -0.2) is 4.98 Å². The van der Waals surface area contributed by atoms with Gasteiger partial charge in [0.05, 0.1) is 18.3 Å². The second-order valence-electron chi connectivity index (χ2n) is 5.00. The van der Waals surface area contributed by atoms with E-state index < -0.39 is 0 Å². The molecule has 0 amide bonds. The first kappa shape index (κ1) is 12.9. The lowest BCUT2D eigenvalue weighted by atomic mass is 10.4. The summed E-state index contributed by atoms with van der Waals surface area (Å²) in [5.41, 5.74) is 2.05. The fraction of sp³-hybridized carbons (Fsp3) is 0.571. The number of halogens is 1. The Hall–Kier alpha value is -1.13. The molecule has 1 aliphatic carbocycles. The first-order valence-electron chi connectivity index (χ1n) is 6.81. The Labute approximate surface area is 117 Å². The van der Waals surface area contributed by atoms with E-state index >= 15 is 0 Å². The first-order valence-corrected chi connectivity index (χ1v) is 7.35. The van der Waals surface area contributed by atoms with Crippen LogP contribution >= 0.6 is 11.6 Å². The molecule has 102 valence electrons. The molecule has 5 heteroatoms. The van der Waals surface area contributed by atoms with Gasteiger partial charge >= 0.3 is 0 Å². The van der Waals surface area contributed by atoms with Gasteiger partial charge in [-0.3, -0.25) is 4.98 Å². The summed E-state index contributed by atoms with van der Waals surface area (Å²) in [7, 11) is 0. The van der Waals surface area contributed by atoms with Crippen molar-refractivity contribution in [2.45, 2.75) is 25.8 Å². The molecule has 1 fully saturated rings. The molecule has 3 rings (SSSR count). The van der Waals surface area contributed by atoms with Gasteiger partial charge in [0.25, 0.3) is 0 Å². The van der Waals surface area contributed by atoms with Crippen molar-refractivity contribution >= 4 is 22.6 Å². The highest BCUT2D eigenvalue weighted by atomic mass is 35.5. The molecule has 0 radical (unpaired) electrons. The maximum Gasteiger partial charge on any atom is 0.111 e. The van der Waals surface area contributed by atoms with Crippen molar-refractivity contribution in [3.8, 4) is 0 Å². The third kappa shape index (κ3) is 3.07. The highest BCUT2D eigenvalue weighted by molar-refractivity contribution is 6.17. The number of nitrogens with zero attached hydrogens (tertiary/aromatic N) is 3. The summed E-state index contributed by atoms with van der Waals surface area (Å²) in [5, 5.41) is 0. The van der Waals surface area contributed by atoms with Crippen LogP contribution in [0.25, 0.3) is 11.0 Å². The third-order valence-electron chi connectivity index (χ3n) is 3.46. The van der Waals surface area contributed by atoms with Gasteiger partial charge in [-0.1, -0.05) is 0 Å². The summed E-state index contributed by atoms with van der Waals surface area (Å²) in [6.45, 7) is 2.47. The molecule has 0 spiro atoms. The van der Waals surface area contributed by atoms with Gasteiger partial charge in [0.1, 0.15) is 11.3 Å². The van der Waals surface area contributed by atoms with Gasteiger partial charge < -0.3 is 9.30 Å².